The number of carboxylic acid groups (broad SMARTS) is 1. The molecule has 3 rings (SSSR count). The second kappa shape index (κ2) is 10.4. The van der Waals surface area contributed by atoms with E-state index in [9.17, 15) is 37.5 Å². The van der Waals surface area contributed by atoms with Gasteiger partial charge in [0.25, 0.3) is 0 Å². The zero-order valence-electron chi connectivity index (χ0n) is 21.6. The van der Waals surface area contributed by atoms with Gasteiger partial charge in [0, 0.05) is 6.42 Å². The molecule has 6 nitrogen and oxygen atoms in total. The molecule has 1 saturated carbocycles. The zero-order valence-corrected chi connectivity index (χ0v) is 21.6. The Morgan fingerprint density at radius 1 is 0.974 bits per heavy atom. The van der Waals surface area contributed by atoms with E-state index in [1.165, 1.54) is 38.1 Å². The standard InChI is InChI=1S/C28H31F4N3O3/c1-25(2,29)15-21(23(36)35-27(16-33)13-14-27)34-22(28(30,31)32)19-7-5-17(6-8-19)18-9-11-20(12-10-18)26(3,4)24(37)38/h5-12,21-22,34H,13-15H2,1-4H3,(H,35,36)(H,37,38)/t21-,22?/m0/s1. The number of nitrogens with zero attached hydrogens (tertiary/aromatic N) is 1. The Bertz CT molecular complexity index is 1210. The number of nitrogens with one attached hydrogen (secondary N) is 2. The van der Waals surface area contributed by atoms with Crippen LogP contribution in [0.5, 0.6) is 0 Å². The molecule has 1 amide bonds. The number of benzene rings is 2. The Balaban J connectivity index is 1.85. The average Bonchev–Trinajstić information content (AvgIpc) is 3.60. The van der Waals surface area contributed by atoms with Crippen LogP contribution in [0.15, 0.2) is 48.5 Å². The predicted molar refractivity (Wildman–Crippen MR) is 134 cm³/mol. The second-order valence-electron chi connectivity index (χ2n) is 10.9. The fourth-order valence-electron chi connectivity index (χ4n) is 4.08. The quantitative estimate of drug-likeness (QED) is 0.346. The van der Waals surface area contributed by atoms with Gasteiger partial charge in [-0.3, -0.25) is 14.9 Å². The van der Waals surface area contributed by atoms with Crippen molar-refractivity contribution < 1.29 is 32.3 Å². The van der Waals surface area contributed by atoms with Crippen LogP contribution in [0.1, 0.15) is 64.1 Å². The second-order valence-corrected chi connectivity index (χ2v) is 10.9. The van der Waals surface area contributed by atoms with Gasteiger partial charge in [0.1, 0.15) is 17.2 Å². The maximum absolute atomic E-state index is 14.5. The molecule has 0 saturated heterocycles. The van der Waals surface area contributed by atoms with Crippen molar-refractivity contribution in [3.05, 3.63) is 59.7 Å². The fourth-order valence-corrected chi connectivity index (χ4v) is 4.08. The molecule has 0 spiro atoms. The van der Waals surface area contributed by atoms with Crippen LogP contribution in [0.3, 0.4) is 0 Å². The Hall–Kier alpha value is -3.45. The summed E-state index contributed by atoms with van der Waals surface area (Å²) < 4.78 is 56.9. The number of halogens is 4. The van der Waals surface area contributed by atoms with E-state index < -0.39 is 53.2 Å². The van der Waals surface area contributed by atoms with E-state index in [4.69, 9.17) is 0 Å². The predicted octanol–water partition coefficient (Wildman–Crippen LogP) is 5.59. The number of carbonyl (C=O) groups excluding carboxylic acids is 1. The van der Waals surface area contributed by atoms with Gasteiger partial charge in [-0.25, -0.2) is 4.39 Å². The molecule has 0 aromatic heterocycles. The molecule has 1 unspecified atom stereocenters. The highest BCUT2D eigenvalue weighted by atomic mass is 19.4. The highest BCUT2D eigenvalue weighted by Gasteiger charge is 2.48. The lowest BCUT2D eigenvalue weighted by atomic mass is 9.84. The molecule has 204 valence electrons. The van der Waals surface area contributed by atoms with Gasteiger partial charge in [-0.15, -0.1) is 0 Å². The molecule has 10 heteroatoms. The molecule has 3 N–H and O–H groups in total. The molecule has 1 aliphatic rings. The third-order valence-corrected chi connectivity index (χ3v) is 6.75. The van der Waals surface area contributed by atoms with Crippen LogP contribution in [0, 0.1) is 11.3 Å². The van der Waals surface area contributed by atoms with Crippen molar-refractivity contribution in [2.75, 3.05) is 0 Å². The monoisotopic (exact) mass is 533 g/mol. The number of nitriles is 1. The SMILES string of the molecule is CC(C)(F)C[C@H](NC(c1ccc(-c2ccc(C(C)(C)C(=O)O)cc2)cc1)C(F)(F)F)C(=O)NC1(C#N)CC1. The van der Waals surface area contributed by atoms with Gasteiger partial charge in [-0.2, -0.15) is 18.4 Å². The maximum atomic E-state index is 14.5. The Morgan fingerprint density at radius 3 is 1.87 bits per heavy atom. The minimum atomic E-state index is -4.79. The van der Waals surface area contributed by atoms with Crippen molar-refractivity contribution >= 4 is 11.9 Å². The molecule has 1 fully saturated rings. The summed E-state index contributed by atoms with van der Waals surface area (Å²) in [6.45, 7) is 5.50. The summed E-state index contributed by atoms with van der Waals surface area (Å²) in [6, 6.07) is 10.4. The van der Waals surface area contributed by atoms with Crippen molar-refractivity contribution in [2.45, 2.75) is 81.8 Å². The van der Waals surface area contributed by atoms with E-state index >= 15 is 0 Å². The average molecular weight is 534 g/mol. The third-order valence-electron chi connectivity index (χ3n) is 6.75. The highest BCUT2D eigenvalue weighted by Crippen LogP contribution is 2.37. The number of rotatable bonds is 10. The van der Waals surface area contributed by atoms with Gasteiger partial charge in [-0.05, 0) is 62.8 Å². The van der Waals surface area contributed by atoms with Gasteiger partial charge in [-0.1, -0.05) is 48.5 Å². The van der Waals surface area contributed by atoms with E-state index in [2.05, 4.69) is 10.6 Å². The van der Waals surface area contributed by atoms with Crippen molar-refractivity contribution in [3.63, 3.8) is 0 Å². The lowest BCUT2D eigenvalue weighted by Crippen LogP contribution is -2.53. The molecule has 2 aromatic carbocycles. The van der Waals surface area contributed by atoms with E-state index in [1.54, 1.807) is 38.1 Å². The van der Waals surface area contributed by atoms with E-state index in [0.717, 1.165) is 0 Å². The summed E-state index contributed by atoms with van der Waals surface area (Å²) in [5.41, 5.74) is -2.45. The summed E-state index contributed by atoms with van der Waals surface area (Å²) in [4.78, 5) is 24.3. The van der Waals surface area contributed by atoms with Gasteiger partial charge in [0.15, 0.2) is 0 Å². The van der Waals surface area contributed by atoms with Crippen LogP contribution >= 0.6 is 0 Å². The molecule has 2 aromatic rings. The van der Waals surface area contributed by atoms with Crippen molar-refractivity contribution in [3.8, 4) is 17.2 Å². The number of alkyl halides is 4. The van der Waals surface area contributed by atoms with Gasteiger partial charge < -0.3 is 10.4 Å². The van der Waals surface area contributed by atoms with E-state index in [0.29, 0.717) is 29.5 Å². The van der Waals surface area contributed by atoms with Crippen LogP contribution in [-0.2, 0) is 15.0 Å². The summed E-state index contributed by atoms with van der Waals surface area (Å²) in [5.74, 6) is -1.84. The Labute approximate surface area is 219 Å². The van der Waals surface area contributed by atoms with Crippen LogP contribution in [0.25, 0.3) is 11.1 Å². The Morgan fingerprint density at radius 2 is 1.47 bits per heavy atom. The summed E-state index contributed by atoms with van der Waals surface area (Å²) in [6.07, 6.45) is -4.54. The van der Waals surface area contributed by atoms with Crippen LogP contribution < -0.4 is 10.6 Å². The third kappa shape index (κ3) is 6.90. The molecule has 2 atom stereocenters. The first kappa shape index (κ1) is 29.1. The lowest BCUT2D eigenvalue weighted by molar-refractivity contribution is -0.161. The first-order valence-corrected chi connectivity index (χ1v) is 12.2. The van der Waals surface area contributed by atoms with Crippen LogP contribution in [-0.4, -0.2) is 40.4 Å². The number of hydrogen-bond donors (Lipinski definition) is 3. The molecular weight excluding hydrogens is 502 g/mol. The van der Waals surface area contributed by atoms with Crippen molar-refractivity contribution in [1.82, 2.24) is 10.6 Å². The van der Waals surface area contributed by atoms with Crippen LogP contribution in [0.4, 0.5) is 17.6 Å². The van der Waals surface area contributed by atoms with Crippen molar-refractivity contribution in [1.29, 1.82) is 5.26 Å². The van der Waals surface area contributed by atoms with Crippen molar-refractivity contribution in [2.24, 2.45) is 0 Å². The zero-order chi connectivity index (χ0) is 28.5. The summed E-state index contributed by atoms with van der Waals surface area (Å²) >= 11 is 0. The normalized spacial score (nSPS) is 16.7. The number of hydrogen-bond acceptors (Lipinski definition) is 4. The molecule has 0 aliphatic heterocycles. The molecule has 38 heavy (non-hydrogen) atoms. The minimum absolute atomic E-state index is 0.166. The highest BCUT2D eigenvalue weighted by molar-refractivity contribution is 5.83. The van der Waals surface area contributed by atoms with Gasteiger partial charge in [0.05, 0.1) is 17.5 Å². The van der Waals surface area contributed by atoms with E-state index in [1.807, 2.05) is 6.07 Å². The summed E-state index contributed by atoms with van der Waals surface area (Å²) in [5, 5.41) is 23.4. The maximum Gasteiger partial charge on any atom is 0.407 e. The smallest absolute Gasteiger partial charge is 0.407 e. The molecule has 0 bridgehead atoms. The molecule has 0 heterocycles. The first-order chi connectivity index (χ1) is 17.5. The van der Waals surface area contributed by atoms with Gasteiger partial charge >= 0.3 is 12.1 Å². The number of amides is 1. The molecular formula is C28H31F4N3O3. The minimum Gasteiger partial charge on any atom is -0.481 e. The first-order valence-electron chi connectivity index (χ1n) is 12.2. The molecule has 0 radical (unpaired) electrons. The lowest BCUT2D eigenvalue weighted by Gasteiger charge is -2.30. The van der Waals surface area contributed by atoms with Gasteiger partial charge in [0.2, 0.25) is 5.91 Å². The number of carbonyl (C=O) groups is 2. The Kier molecular flexibility index (Phi) is 7.94. The summed E-state index contributed by atoms with van der Waals surface area (Å²) in [7, 11) is 0. The van der Waals surface area contributed by atoms with Crippen LogP contribution in [0.2, 0.25) is 0 Å². The number of carboxylic acids is 1. The number of aliphatic carboxylic acids is 1. The fraction of sp³-hybridized carbons (Fsp3) is 0.464. The van der Waals surface area contributed by atoms with E-state index in [-0.39, 0.29) is 5.56 Å². The topological polar surface area (TPSA) is 102 Å². The molecule has 1 aliphatic carbocycles. The largest absolute Gasteiger partial charge is 0.481 e.